The van der Waals surface area contributed by atoms with Crippen LogP contribution in [0.2, 0.25) is 0 Å². The molecule has 3 aliphatic rings. The van der Waals surface area contributed by atoms with Crippen LogP contribution in [-0.2, 0) is 10.8 Å². The Kier molecular flexibility index (Phi) is 5.02. The van der Waals surface area contributed by atoms with Gasteiger partial charge in [-0.2, -0.15) is 0 Å². The molecule has 5 rings (SSSR count). The van der Waals surface area contributed by atoms with Gasteiger partial charge in [0.15, 0.2) is 5.13 Å². The van der Waals surface area contributed by atoms with Gasteiger partial charge in [-0.15, -0.1) is 11.3 Å². The van der Waals surface area contributed by atoms with Crippen LogP contribution in [0.25, 0.3) is 11.3 Å². The standard InChI is InChI=1S/C26H37N3S/c1-24(2)7-8-25(3,4)21-17-19(5-6-20(21)24)22-18-30-23(28-22)29-15-11-26(12-16-29)9-13-27-14-10-26/h5-6,17-18,27H,7-16H2,1-4H3. The number of fused-ring (bicyclic) bond motifs is 1. The van der Waals surface area contributed by atoms with Crippen molar-refractivity contribution in [2.24, 2.45) is 5.41 Å². The van der Waals surface area contributed by atoms with Crippen LogP contribution in [0.15, 0.2) is 23.6 Å². The lowest BCUT2D eigenvalue weighted by Gasteiger charge is -2.44. The van der Waals surface area contributed by atoms with E-state index in [2.05, 4.69) is 61.5 Å². The maximum atomic E-state index is 5.10. The lowest BCUT2D eigenvalue weighted by molar-refractivity contribution is 0.155. The van der Waals surface area contributed by atoms with E-state index >= 15 is 0 Å². The Morgan fingerprint density at radius 1 is 0.867 bits per heavy atom. The van der Waals surface area contributed by atoms with Gasteiger partial charge in [-0.1, -0.05) is 39.8 Å². The summed E-state index contributed by atoms with van der Waals surface area (Å²) in [7, 11) is 0. The van der Waals surface area contributed by atoms with E-state index in [4.69, 9.17) is 4.98 Å². The van der Waals surface area contributed by atoms with Crippen LogP contribution < -0.4 is 10.2 Å². The van der Waals surface area contributed by atoms with Crippen molar-refractivity contribution in [2.75, 3.05) is 31.1 Å². The molecule has 0 saturated carbocycles. The first-order valence-electron chi connectivity index (χ1n) is 11.8. The van der Waals surface area contributed by atoms with Crippen LogP contribution in [-0.4, -0.2) is 31.2 Å². The van der Waals surface area contributed by atoms with Gasteiger partial charge >= 0.3 is 0 Å². The Labute approximate surface area is 186 Å². The quantitative estimate of drug-likeness (QED) is 0.630. The number of nitrogens with one attached hydrogen (secondary N) is 1. The SMILES string of the molecule is CC1(C)CCC(C)(C)c2cc(-c3csc(N4CCC5(CCNCC5)CC4)n3)ccc21. The predicted molar refractivity (Wildman–Crippen MR) is 129 cm³/mol. The summed E-state index contributed by atoms with van der Waals surface area (Å²) in [5.74, 6) is 0. The van der Waals surface area contributed by atoms with Gasteiger partial charge < -0.3 is 10.2 Å². The van der Waals surface area contributed by atoms with E-state index in [1.54, 1.807) is 0 Å². The average Bonchev–Trinajstić information content (AvgIpc) is 3.23. The molecule has 1 aromatic heterocycles. The largest absolute Gasteiger partial charge is 0.348 e. The summed E-state index contributed by atoms with van der Waals surface area (Å²) in [5.41, 5.74) is 6.61. The molecule has 2 fully saturated rings. The molecule has 1 aliphatic carbocycles. The number of hydrogen-bond donors (Lipinski definition) is 1. The number of benzene rings is 1. The molecule has 2 aromatic rings. The van der Waals surface area contributed by atoms with E-state index in [9.17, 15) is 0 Å². The maximum Gasteiger partial charge on any atom is 0.185 e. The molecule has 1 N–H and O–H groups in total. The fourth-order valence-corrected chi connectivity index (χ4v) is 6.81. The summed E-state index contributed by atoms with van der Waals surface area (Å²) in [4.78, 5) is 7.64. The minimum Gasteiger partial charge on any atom is -0.348 e. The van der Waals surface area contributed by atoms with Crippen LogP contribution in [0.4, 0.5) is 5.13 Å². The van der Waals surface area contributed by atoms with Crippen LogP contribution >= 0.6 is 11.3 Å². The summed E-state index contributed by atoms with van der Waals surface area (Å²) in [6.07, 6.45) is 7.87. The van der Waals surface area contributed by atoms with Crippen molar-refractivity contribution in [2.45, 2.75) is 77.0 Å². The molecule has 4 heteroatoms. The molecule has 3 heterocycles. The number of nitrogens with zero attached hydrogens (tertiary/aromatic N) is 2. The highest BCUT2D eigenvalue weighted by Crippen LogP contribution is 2.47. The van der Waals surface area contributed by atoms with E-state index in [1.165, 1.54) is 86.5 Å². The Morgan fingerprint density at radius 2 is 1.53 bits per heavy atom. The number of rotatable bonds is 2. The lowest BCUT2D eigenvalue weighted by atomic mass is 9.63. The van der Waals surface area contributed by atoms with Gasteiger partial charge in [0.2, 0.25) is 0 Å². The fourth-order valence-electron chi connectivity index (χ4n) is 5.92. The van der Waals surface area contributed by atoms with Crippen molar-refractivity contribution in [3.05, 3.63) is 34.7 Å². The molecule has 30 heavy (non-hydrogen) atoms. The van der Waals surface area contributed by atoms with E-state index in [1.807, 2.05) is 11.3 Å². The van der Waals surface area contributed by atoms with Gasteiger partial charge in [0.25, 0.3) is 0 Å². The average molecular weight is 424 g/mol. The zero-order valence-electron chi connectivity index (χ0n) is 19.2. The third kappa shape index (κ3) is 3.60. The van der Waals surface area contributed by atoms with Gasteiger partial charge in [-0.3, -0.25) is 0 Å². The smallest absolute Gasteiger partial charge is 0.185 e. The van der Waals surface area contributed by atoms with Gasteiger partial charge in [0, 0.05) is 24.0 Å². The molecule has 2 saturated heterocycles. The summed E-state index contributed by atoms with van der Waals surface area (Å²) >= 11 is 1.83. The first kappa shape index (κ1) is 20.5. The number of aromatic nitrogens is 1. The fraction of sp³-hybridized carbons (Fsp3) is 0.654. The van der Waals surface area contributed by atoms with Crippen molar-refractivity contribution in [3.8, 4) is 11.3 Å². The summed E-state index contributed by atoms with van der Waals surface area (Å²) in [6.45, 7) is 14.3. The van der Waals surface area contributed by atoms with Crippen molar-refractivity contribution in [1.29, 1.82) is 0 Å². The first-order valence-corrected chi connectivity index (χ1v) is 12.7. The molecule has 2 aliphatic heterocycles. The van der Waals surface area contributed by atoms with Crippen molar-refractivity contribution in [3.63, 3.8) is 0 Å². The molecule has 0 amide bonds. The molecule has 0 unspecified atom stereocenters. The van der Waals surface area contributed by atoms with Gasteiger partial charge in [-0.05, 0) is 85.1 Å². The number of anilines is 1. The zero-order chi connectivity index (χ0) is 21.0. The van der Waals surface area contributed by atoms with Gasteiger partial charge in [0.05, 0.1) is 5.69 Å². The Morgan fingerprint density at radius 3 is 2.23 bits per heavy atom. The summed E-state index contributed by atoms with van der Waals surface area (Å²) in [5, 5.41) is 7.01. The second kappa shape index (κ2) is 7.34. The molecule has 1 aromatic carbocycles. The molecular formula is C26H37N3S. The first-order chi connectivity index (χ1) is 14.3. The Hall–Kier alpha value is -1.39. The summed E-state index contributed by atoms with van der Waals surface area (Å²) in [6, 6.07) is 7.13. The lowest BCUT2D eigenvalue weighted by Crippen LogP contribution is -2.45. The minimum atomic E-state index is 0.246. The number of piperidine rings is 2. The third-order valence-electron chi connectivity index (χ3n) is 8.40. The van der Waals surface area contributed by atoms with Crippen LogP contribution in [0, 0.1) is 5.41 Å². The third-order valence-corrected chi connectivity index (χ3v) is 9.30. The van der Waals surface area contributed by atoms with E-state index in [0.717, 1.165) is 5.69 Å². The number of hydrogen-bond acceptors (Lipinski definition) is 4. The van der Waals surface area contributed by atoms with Gasteiger partial charge in [-0.25, -0.2) is 4.98 Å². The normalized spacial score (nSPS) is 24.6. The molecule has 162 valence electrons. The molecule has 0 radical (unpaired) electrons. The molecule has 0 atom stereocenters. The monoisotopic (exact) mass is 423 g/mol. The predicted octanol–water partition coefficient (Wildman–Crippen LogP) is 6.13. The van der Waals surface area contributed by atoms with Crippen LogP contribution in [0.3, 0.4) is 0 Å². The number of thiazole rings is 1. The van der Waals surface area contributed by atoms with Crippen molar-refractivity contribution >= 4 is 16.5 Å². The molecule has 3 nitrogen and oxygen atoms in total. The molecular weight excluding hydrogens is 386 g/mol. The highest BCUT2D eigenvalue weighted by molar-refractivity contribution is 7.14. The van der Waals surface area contributed by atoms with E-state index < -0.39 is 0 Å². The highest BCUT2D eigenvalue weighted by Gasteiger charge is 2.38. The topological polar surface area (TPSA) is 28.2 Å². The second-order valence-corrected chi connectivity index (χ2v) is 12.1. The van der Waals surface area contributed by atoms with E-state index in [-0.39, 0.29) is 10.8 Å². The van der Waals surface area contributed by atoms with E-state index in [0.29, 0.717) is 5.41 Å². The van der Waals surface area contributed by atoms with Gasteiger partial charge in [0.1, 0.15) is 0 Å². The molecule has 0 bridgehead atoms. The minimum absolute atomic E-state index is 0.246. The second-order valence-electron chi connectivity index (χ2n) is 11.3. The Bertz CT molecular complexity index is 910. The van der Waals surface area contributed by atoms with Crippen LogP contribution in [0.5, 0.6) is 0 Å². The highest BCUT2D eigenvalue weighted by atomic mass is 32.1. The van der Waals surface area contributed by atoms with Crippen molar-refractivity contribution in [1.82, 2.24) is 10.3 Å². The zero-order valence-corrected chi connectivity index (χ0v) is 20.0. The van der Waals surface area contributed by atoms with Crippen molar-refractivity contribution < 1.29 is 0 Å². The maximum absolute atomic E-state index is 5.10. The Balaban J connectivity index is 1.36. The summed E-state index contributed by atoms with van der Waals surface area (Å²) < 4.78 is 0. The molecule has 1 spiro atoms. The van der Waals surface area contributed by atoms with Crippen LogP contribution in [0.1, 0.15) is 77.3 Å².